The second-order valence-electron chi connectivity index (χ2n) is 4.32. The summed E-state index contributed by atoms with van der Waals surface area (Å²) in [7, 11) is 1.56. The third-order valence-electron chi connectivity index (χ3n) is 2.99. The zero-order chi connectivity index (χ0) is 14.5. The topological polar surface area (TPSA) is 42.2 Å². The van der Waals surface area contributed by atoms with Crippen LogP contribution in [0.25, 0.3) is 0 Å². The second-order valence-corrected chi connectivity index (χ2v) is 5.17. The van der Waals surface area contributed by atoms with Crippen LogP contribution in [0.2, 0.25) is 0 Å². The summed E-state index contributed by atoms with van der Waals surface area (Å²) in [6.07, 6.45) is 0. The summed E-state index contributed by atoms with van der Waals surface area (Å²) in [4.78, 5) is 0. The molecule has 0 aliphatic rings. The molecule has 0 aliphatic carbocycles. The summed E-state index contributed by atoms with van der Waals surface area (Å²) in [5, 5.41) is 8.95. The van der Waals surface area contributed by atoms with Crippen molar-refractivity contribution in [1.82, 2.24) is 0 Å². The fourth-order valence-electron chi connectivity index (χ4n) is 1.85. The maximum atomic E-state index is 8.95. The number of hydrogen-bond acceptors (Lipinski definition) is 3. The van der Waals surface area contributed by atoms with Gasteiger partial charge in [-0.2, -0.15) is 5.26 Å². The molecule has 3 nitrogen and oxygen atoms in total. The van der Waals surface area contributed by atoms with Gasteiger partial charge >= 0.3 is 0 Å². The van der Waals surface area contributed by atoms with Gasteiger partial charge in [0.15, 0.2) is 11.5 Å². The minimum atomic E-state index is 0.452. The molecule has 0 fully saturated rings. The molecule has 0 saturated heterocycles. The van der Waals surface area contributed by atoms with Crippen molar-refractivity contribution in [2.24, 2.45) is 0 Å². The van der Waals surface area contributed by atoms with Gasteiger partial charge in [-0.1, -0.05) is 24.3 Å². The van der Waals surface area contributed by atoms with Crippen LogP contribution in [-0.4, -0.2) is 7.11 Å². The molecule has 0 N–H and O–H groups in total. The van der Waals surface area contributed by atoms with Crippen molar-refractivity contribution in [1.29, 1.82) is 5.26 Å². The molecule has 4 heteroatoms. The Hall–Kier alpha value is -1.99. The molecule has 0 unspecified atom stereocenters. The molecule has 2 aromatic carbocycles. The van der Waals surface area contributed by atoms with Crippen molar-refractivity contribution in [2.75, 3.05) is 7.11 Å². The molecular weight excluding hydrogens is 318 g/mol. The van der Waals surface area contributed by atoms with E-state index >= 15 is 0 Å². The van der Waals surface area contributed by atoms with Crippen molar-refractivity contribution >= 4 is 15.9 Å². The zero-order valence-electron chi connectivity index (χ0n) is 11.3. The van der Waals surface area contributed by atoms with Gasteiger partial charge in [0, 0.05) is 6.07 Å². The number of methoxy groups -OCH3 is 1. The Bertz CT molecular complexity index is 662. The Kier molecular flexibility index (Phi) is 4.65. The molecule has 0 bridgehead atoms. The van der Waals surface area contributed by atoms with Crippen LogP contribution in [0, 0.1) is 18.3 Å². The fraction of sp³-hybridized carbons (Fsp3) is 0.188. The van der Waals surface area contributed by atoms with Gasteiger partial charge in [0.2, 0.25) is 0 Å². The summed E-state index contributed by atoms with van der Waals surface area (Å²) in [6, 6.07) is 13.5. The van der Waals surface area contributed by atoms with E-state index in [0.717, 1.165) is 5.56 Å². The lowest BCUT2D eigenvalue weighted by atomic mass is 10.1. The largest absolute Gasteiger partial charge is 0.493 e. The number of hydrogen-bond donors (Lipinski definition) is 0. The molecule has 2 rings (SSSR count). The van der Waals surface area contributed by atoms with E-state index in [4.69, 9.17) is 14.7 Å². The number of rotatable bonds is 4. The minimum Gasteiger partial charge on any atom is -0.493 e. The van der Waals surface area contributed by atoms with E-state index in [1.54, 1.807) is 19.2 Å². The summed E-state index contributed by atoms with van der Waals surface area (Å²) in [5.41, 5.74) is 2.82. The Morgan fingerprint density at radius 1 is 1.25 bits per heavy atom. The third kappa shape index (κ3) is 3.12. The van der Waals surface area contributed by atoms with Crippen LogP contribution in [0.4, 0.5) is 0 Å². The number of ether oxygens (including phenoxy) is 2. The minimum absolute atomic E-state index is 0.452. The Balaban J connectivity index is 2.26. The highest BCUT2D eigenvalue weighted by Crippen LogP contribution is 2.37. The van der Waals surface area contributed by atoms with Gasteiger partial charge in [0.1, 0.15) is 6.61 Å². The lowest BCUT2D eigenvalue weighted by Crippen LogP contribution is -2.00. The van der Waals surface area contributed by atoms with E-state index in [0.29, 0.717) is 28.1 Å². The molecule has 0 aromatic heterocycles. The van der Waals surface area contributed by atoms with E-state index in [1.807, 2.05) is 31.2 Å². The molecule has 0 amide bonds. The maximum Gasteiger partial charge on any atom is 0.175 e. The van der Waals surface area contributed by atoms with E-state index in [9.17, 15) is 0 Å². The summed E-state index contributed by atoms with van der Waals surface area (Å²) >= 11 is 3.42. The Labute approximate surface area is 126 Å². The monoisotopic (exact) mass is 331 g/mol. The first-order chi connectivity index (χ1) is 9.65. The molecule has 0 atom stereocenters. The molecule has 0 spiro atoms. The quantitative estimate of drug-likeness (QED) is 0.842. The van der Waals surface area contributed by atoms with Crippen molar-refractivity contribution in [2.45, 2.75) is 13.5 Å². The number of benzene rings is 2. The molecule has 0 heterocycles. The van der Waals surface area contributed by atoms with E-state index in [1.165, 1.54) is 5.56 Å². The average Bonchev–Trinajstić information content (AvgIpc) is 2.46. The predicted octanol–water partition coefficient (Wildman–Crippen LogP) is 4.22. The van der Waals surface area contributed by atoms with E-state index in [2.05, 4.69) is 22.0 Å². The highest BCUT2D eigenvalue weighted by molar-refractivity contribution is 9.10. The van der Waals surface area contributed by atoms with Gasteiger partial charge < -0.3 is 9.47 Å². The van der Waals surface area contributed by atoms with Gasteiger partial charge in [0.25, 0.3) is 0 Å². The number of nitrogens with zero attached hydrogens (tertiary/aromatic N) is 1. The number of aryl methyl sites for hydroxylation is 1. The maximum absolute atomic E-state index is 8.95. The lowest BCUT2D eigenvalue weighted by molar-refractivity contribution is 0.282. The van der Waals surface area contributed by atoms with Gasteiger partial charge in [-0.3, -0.25) is 0 Å². The standard InChI is InChI=1S/C16H14BrNO2/c1-11-5-3-4-6-13(11)10-20-16-14(17)7-12(9-18)8-15(16)19-2/h3-8H,10H2,1-2H3. The first-order valence-electron chi connectivity index (χ1n) is 6.10. The first kappa shape index (κ1) is 14.4. The van der Waals surface area contributed by atoms with Crippen LogP contribution in [0.3, 0.4) is 0 Å². The van der Waals surface area contributed by atoms with Crippen molar-refractivity contribution in [3.8, 4) is 17.6 Å². The Morgan fingerprint density at radius 3 is 2.65 bits per heavy atom. The molecule has 2 aromatic rings. The predicted molar refractivity (Wildman–Crippen MR) is 80.9 cm³/mol. The van der Waals surface area contributed by atoms with Crippen LogP contribution >= 0.6 is 15.9 Å². The van der Waals surface area contributed by atoms with Gasteiger partial charge in [-0.15, -0.1) is 0 Å². The van der Waals surface area contributed by atoms with Crippen LogP contribution in [0.5, 0.6) is 11.5 Å². The Morgan fingerprint density at radius 2 is 2.00 bits per heavy atom. The fourth-order valence-corrected chi connectivity index (χ4v) is 2.40. The molecule has 0 radical (unpaired) electrons. The second kappa shape index (κ2) is 6.44. The van der Waals surface area contributed by atoms with Gasteiger partial charge in [-0.05, 0) is 40.0 Å². The van der Waals surface area contributed by atoms with Crippen molar-refractivity contribution < 1.29 is 9.47 Å². The highest BCUT2D eigenvalue weighted by Gasteiger charge is 2.12. The van der Waals surface area contributed by atoms with E-state index < -0.39 is 0 Å². The molecule has 20 heavy (non-hydrogen) atoms. The zero-order valence-corrected chi connectivity index (χ0v) is 12.9. The van der Waals surface area contributed by atoms with Crippen LogP contribution in [0.1, 0.15) is 16.7 Å². The summed E-state index contributed by atoms with van der Waals surface area (Å²) < 4.78 is 11.8. The third-order valence-corrected chi connectivity index (χ3v) is 3.58. The first-order valence-corrected chi connectivity index (χ1v) is 6.90. The van der Waals surface area contributed by atoms with E-state index in [-0.39, 0.29) is 0 Å². The van der Waals surface area contributed by atoms with Crippen molar-refractivity contribution in [3.63, 3.8) is 0 Å². The summed E-state index contributed by atoms with van der Waals surface area (Å²) in [6.45, 7) is 2.50. The van der Waals surface area contributed by atoms with Crippen LogP contribution in [-0.2, 0) is 6.61 Å². The highest BCUT2D eigenvalue weighted by atomic mass is 79.9. The molecule has 0 aliphatic heterocycles. The van der Waals surface area contributed by atoms with Gasteiger partial charge in [-0.25, -0.2) is 0 Å². The molecule has 0 saturated carbocycles. The summed E-state index contributed by atoms with van der Waals surface area (Å²) in [5.74, 6) is 1.15. The average molecular weight is 332 g/mol. The smallest absolute Gasteiger partial charge is 0.175 e. The molecule has 102 valence electrons. The molecular formula is C16H14BrNO2. The lowest BCUT2D eigenvalue weighted by Gasteiger charge is -2.14. The normalized spacial score (nSPS) is 9.90. The number of nitriles is 1. The van der Waals surface area contributed by atoms with Gasteiger partial charge in [0.05, 0.1) is 23.2 Å². The SMILES string of the molecule is COc1cc(C#N)cc(Br)c1OCc1ccccc1C. The van der Waals surface area contributed by atoms with Crippen LogP contribution in [0.15, 0.2) is 40.9 Å². The van der Waals surface area contributed by atoms with Crippen LogP contribution < -0.4 is 9.47 Å². The van der Waals surface area contributed by atoms with Crippen molar-refractivity contribution in [3.05, 3.63) is 57.6 Å². The number of halogens is 1.